The molecule has 0 bridgehead atoms. The van der Waals surface area contributed by atoms with Crippen molar-refractivity contribution in [2.45, 2.75) is 27.7 Å². The molecule has 1 heterocycles. The molecular weight excluding hydrogens is 322 g/mol. The average Bonchev–Trinajstić information content (AvgIpc) is 3.13. The lowest BCUT2D eigenvalue weighted by Crippen LogP contribution is -1.77. The summed E-state index contributed by atoms with van der Waals surface area (Å²) in [6.07, 6.45) is 1.46. The van der Waals surface area contributed by atoms with E-state index < -0.39 is 0 Å². The molecule has 25 heavy (non-hydrogen) atoms. The number of aromatic nitrogens is 1. The molecule has 0 aliphatic carbocycles. The number of aromatic hydroxyl groups is 4. The van der Waals surface area contributed by atoms with Crippen LogP contribution in [-0.4, -0.2) is 25.4 Å². The van der Waals surface area contributed by atoms with Crippen molar-refractivity contribution in [3.05, 3.63) is 42.6 Å². The van der Waals surface area contributed by atoms with Gasteiger partial charge in [0, 0.05) is 11.1 Å². The summed E-state index contributed by atoms with van der Waals surface area (Å²) in [6, 6.07) is 8.50. The number of rotatable bonds is 2. The molecule has 0 amide bonds. The zero-order chi connectivity index (χ0) is 19.0. The van der Waals surface area contributed by atoms with Crippen LogP contribution in [0.25, 0.3) is 22.8 Å². The van der Waals surface area contributed by atoms with E-state index in [1.807, 2.05) is 27.7 Å². The molecule has 134 valence electrons. The van der Waals surface area contributed by atoms with Crippen LogP contribution in [0.3, 0.4) is 0 Å². The minimum Gasteiger partial charge on any atom is -0.504 e. The van der Waals surface area contributed by atoms with E-state index in [-0.39, 0.29) is 28.9 Å². The highest BCUT2D eigenvalue weighted by Crippen LogP contribution is 2.34. The maximum absolute atomic E-state index is 9.48. The number of benzene rings is 2. The van der Waals surface area contributed by atoms with Crippen LogP contribution in [0.5, 0.6) is 23.0 Å². The van der Waals surface area contributed by atoms with E-state index in [4.69, 9.17) is 4.42 Å². The second-order valence-corrected chi connectivity index (χ2v) is 4.44. The molecule has 0 spiro atoms. The lowest BCUT2D eigenvalue weighted by atomic mass is 10.1. The molecule has 6 nitrogen and oxygen atoms in total. The Morgan fingerprint density at radius 2 is 1.16 bits per heavy atom. The fourth-order valence-electron chi connectivity index (χ4n) is 1.87. The van der Waals surface area contributed by atoms with Crippen molar-refractivity contribution in [1.82, 2.24) is 4.98 Å². The zero-order valence-electron chi connectivity index (χ0n) is 14.7. The summed E-state index contributed by atoms with van der Waals surface area (Å²) in [5.74, 6) is -0.320. The highest BCUT2D eigenvalue weighted by molar-refractivity contribution is 5.65. The second-order valence-electron chi connectivity index (χ2n) is 4.44. The predicted molar refractivity (Wildman–Crippen MR) is 96.7 cm³/mol. The van der Waals surface area contributed by atoms with Gasteiger partial charge in [-0.2, -0.15) is 0 Å². The Labute approximate surface area is 146 Å². The molecule has 0 fully saturated rings. The van der Waals surface area contributed by atoms with Gasteiger partial charge in [0.1, 0.15) is 0 Å². The first-order chi connectivity index (χ1) is 12.0. The van der Waals surface area contributed by atoms with Crippen LogP contribution in [0, 0.1) is 0 Å². The number of hydrogen-bond acceptors (Lipinski definition) is 6. The Morgan fingerprint density at radius 3 is 1.68 bits per heavy atom. The Balaban J connectivity index is 0.000000730. The van der Waals surface area contributed by atoms with Gasteiger partial charge in [-0.25, -0.2) is 4.98 Å². The molecule has 0 saturated carbocycles. The topological polar surface area (TPSA) is 107 Å². The molecule has 0 atom stereocenters. The summed E-state index contributed by atoms with van der Waals surface area (Å²) in [5, 5.41) is 37.5. The fraction of sp³-hybridized carbons (Fsp3) is 0.211. The maximum Gasteiger partial charge on any atom is 0.226 e. The number of phenolic OH excluding ortho intramolecular Hbond substituents is 4. The first-order valence-electron chi connectivity index (χ1n) is 8.05. The molecule has 6 heteroatoms. The van der Waals surface area contributed by atoms with Crippen LogP contribution >= 0.6 is 0 Å². The molecule has 1 aromatic heterocycles. The van der Waals surface area contributed by atoms with Gasteiger partial charge in [0.2, 0.25) is 5.89 Å². The van der Waals surface area contributed by atoms with Crippen molar-refractivity contribution in [1.29, 1.82) is 0 Å². The third-order valence-electron chi connectivity index (χ3n) is 2.99. The molecule has 3 rings (SSSR count). The molecule has 0 radical (unpaired) electrons. The Kier molecular flexibility index (Phi) is 7.34. The van der Waals surface area contributed by atoms with E-state index in [2.05, 4.69) is 4.98 Å². The minimum atomic E-state index is -0.269. The summed E-state index contributed by atoms with van der Waals surface area (Å²) >= 11 is 0. The molecule has 0 unspecified atom stereocenters. The Bertz CT molecular complexity index is 745. The van der Waals surface area contributed by atoms with Crippen LogP contribution in [0.2, 0.25) is 0 Å². The van der Waals surface area contributed by atoms with Gasteiger partial charge in [-0.15, -0.1) is 0 Å². The zero-order valence-corrected chi connectivity index (χ0v) is 14.7. The van der Waals surface area contributed by atoms with E-state index >= 15 is 0 Å². The van der Waals surface area contributed by atoms with Gasteiger partial charge >= 0.3 is 0 Å². The van der Waals surface area contributed by atoms with E-state index in [0.29, 0.717) is 16.9 Å². The van der Waals surface area contributed by atoms with E-state index in [9.17, 15) is 20.4 Å². The fourth-order valence-corrected chi connectivity index (χ4v) is 1.87. The molecule has 3 aromatic rings. The smallest absolute Gasteiger partial charge is 0.226 e. The minimum absolute atomic E-state index is 0.220. The Morgan fingerprint density at radius 1 is 0.680 bits per heavy atom. The van der Waals surface area contributed by atoms with Crippen LogP contribution in [0.1, 0.15) is 27.7 Å². The van der Waals surface area contributed by atoms with Crippen molar-refractivity contribution in [2.24, 2.45) is 0 Å². The van der Waals surface area contributed by atoms with Gasteiger partial charge in [0.25, 0.3) is 0 Å². The molecule has 0 aliphatic rings. The van der Waals surface area contributed by atoms with Crippen molar-refractivity contribution < 1.29 is 24.8 Å². The third kappa shape index (κ3) is 4.67. The van der Waals surface area contributed by atoms with Gasteiger partial charge in [-0.1, -0.05) is 27.7 Å². The summed E-state index contributed by atoms with van der Waals surface area (Å²) in [4.78, 5) is 4.08. The number of oxazole rings is 1. The van der Waals surface area contributed by atoms with Crippen molar-refractivity contribution in [3.63, 3.8) is 0 Å². The van der Waals surface area contributed by atoms with Gasteiger partial charge in [-0.3, -0.25) is 0 Å². The SMILES string of the molecule is CC.CC.Oc1ccc(-c2cnc(-c3ccc(O)c(O)c3)o2)cc1O. The highest BCUT2D eigenvalue weighted by atomic mass is 16.4. The molecule has 4 N–H and O–H groups in total. The largest absolute Gasteiger partial charge is 0.504 e. The standard InChI is InChI=1S/C15H11NO5.2C2H6/c17-10-3-1-8(5-12(10)19)14-7-16-15(21-14)9-2-4-11(18)13(20)6-9;2*1-2/h1-7,17-20H;2*1-2H3. The summed E-state index contributed by atoms with van der Waals surface area (Å²) in [5.41, 5.74) is 1.05. The van der Waals surface area contributed by atoms with E-state index in [1.165, 1.54) is 30.5 Å². The molecular formula is C19H23NO5. The van der Waals surface area contributed by atoms with Crippen molar-refractivity contribution in [2.75, 3.05) is 0 Å². The number of hydrogen-bond donors (Lipinski definition) is 4. The predicted octanol–water partition coefficient (Wildman–Crippen LogP) is 4.88. The summed E-state index contributed by atoms with van der Waals surface area (Å²) in [6.45, 7) is 8.00. The quantitative estimate of drug-likeness (QED) is 0.493. The number of phenols is 4. The normalized spacial score (nSPS) is 9.44. The van der Waals surface area contributed by atoms with E-state index in [1.54, 1.807) is 12.1 Å². The van der Waals surface area contributed by atoms with Gasteiger partial charge in [-0.05, 0) is 36.4 Å². The van der Waals surface area contributed by atoms with E-state index in [0.717, 1.165) is 0 Å². The first-order valence-corrected chi connectivity index (χ1v) is 8.05. The molecule has 0 aliphatic heterocycles. The highest BCUT2D eigenvalue weighted by Gasteiger charge is 2.12. The van der Waals surface area contributed by atoms with Gasteiger partial charge in [0.15, 0.2) is 28.8 Å². The lowest BCUT2D eigenvalue weighted by molar-refractivity contribution is 0.403. The van der Waals surface area contributed by atoms with Gasteiger partial charge < -0.3 is 24.8 Å². The van der Waals surface area contributed by atoms with Crippen molar-refractivity contribution in [3.8, 4) is 45.8 Å². The summed E-state index contributed by atoms with van der Waals surface area (Å²) < 4.78 is 5.55. The maximum atomic E-state index is 9.48. The van der Waals surface area contributed by atoms with Crippen LogP contribution in [-0.2, 0) is 0 Å². The summed E-state index contributed by atoms with van der Waals surface area (Å²) in [7, 11) is 0. The number of nitrogens with zero attached hydrogens (tertiary/aromatic N) is 1. The Hall–Kier alpha value is -3.15. The van der Waals surface area contributed by atoms with Gasteiger partial charge in [0.05, 0.1) is 6.20 Å². The second kappa shape index (κ2) is 9.22. The van der Waals surface area contributed by atoms with Crippen LogP contribution in [0.15, 0.2) is 47.0 Å². The van der Waals surface area contributed by atoms with Crippen LogP contribution < -0.4 is 0 Å². The monoisotopic (exact) mass is 345 g/mol. The first kappa shape index (κ1) is 19.9. The van der Waals surface area contributed by atoms with Crippen molar-refractivity contribution >= 4 is 0 Å². The molecule has 0 saturated heterocycles. The lowest BCUT2D eigenvalue weighted by Gasteiger charge is -2.01. The molecule has 2 aromatic carbocycles. The average molecular weight is 345 g/mol. The van der Waals surface area contributed by atoms with Crippen LogP contribution in [0.4, 0.5) is 0 Å². The third-order valence-corrected chi connectivity index (χ3v) is 2.99.